The predicted molar refractivity (Wildman–Crippen MR) is 68.8 cm³/mol. The summed E-state index contributed by atoms with van der Waals surface area (Å²) in [7, 11) is 3.91. The van der Waals surface area contributed by atoms with Crippen molar-refractivity contribution in [3.8, 4) is 0 Å². The molecule has 0 aliphatic carbocycles. The van der Waals surface area contributed by atoms with Crippen molar-refractivity contribution in [1.29, 1.82) is 0 Å². The van der Waals surface area contributed by atoms with Crippen LogP contribution in [0.4, 0.5) is 0 Å². The van der Waals surface area contributed by atoms with Crippen molar-refractivity contribution in [1.82, 2.24) is 0 Å². The zero-order valence-electron chi connectivity index (χ0n) is 11.2. The third kappa shape index (κ3) is 4.80. The van der Waals surface area contributed by atoms with E-state index in [4.69, 9.17) is 15.2 Å². The molecule has 1 aliphatic heterocycles. The van der Waals surface area contributed by atoms with Gasteiger partial charge in [0.15, 0.2) is 6.23 Å². The average molecular weight is 270 g/mol. The molecule has 0 bridgehead atoms. The van der Waals surface area contributed by atoms with Crippen LogP contribution in [0.2, 0.25) is 0 Å². The van der Waals surface area contributed by atoms with Gasteiger partial charge in [-0.05, 0) is 6.42 Å². The van der Waals surface area contributed by atoms with Gasteiger partial charge in [-0.1, -0.05) is 0 Å². The molecule has 1 rings (SSSR count). The minimum Gasteiger partial charge on any atom is -0.465 e. The molecule has 0 aromatic rings. The van der Waals surface area contributed by atoms with Gasteiger partial charge in [0.1, 0.15) is 18.6 Å². The molecule has 1 saturated heterocycles. The van der Waals surface area contributed by atoms with Crippen LogP contribution < -0.4 is 5.73 Å². The molecule has 1 amide bonds. The van der Waals surface area contributed by atoms with Gasteiger partial charge in [-0.15, -0.1) is 0 Å². The van der Waals surface area contributed by atoms with Crippen molar-refractivity contribution in [3.63, 3.8) is 0 Å². The first-order chi connectivity index (χ1) is 8.99. The highest BCUT2D eigenvalue weighted by molar-refractivity contribution is 5.95. The molecule has 0 saturated carbocycles. The molecule has 1 aliphatic rings. The third-order valence-corrected chi connectivity index (χ3v) is 3.01. The lowest BCUT2D eigenvalue weighted by molar-refractivity contribution is -0.889. The first-order valence-electron chi connectivity index (χ1n) is 6.00. The van der Waals surface area contributed by atoms with Crippen LogP contribution in [-0.2, 0) is 19.1 Å². The van der Waals surface area contributed by atoms with Crippen molar-refractivity contribution in [2.45, 2.75) is 25.2 Å². The molecule has 2 atom stereocenters. The second kappa shape index (κ2) is 7.01. The van der Waals surface area contributed by atoms with Crippen molar-refractivity contribution < 1.29 is 23.5 Å². The van der Waals surface area contributed by atoms with Crippen LogP contribution in [-0.4, -0.2) is 56.2 Å². The summed E-state index contributed by atoms with van der Waals surface area (Å²) in [6, 6.07) is 0. The molecular formula is C12H20N3O4+. The predicted octanol–water partition coefficient (Wildman–Crippen LogP) is -0.232. The minimum absolute atomic E-state index is 0.0412. The Kier molecular flexibility index (Phi) is 5.65. The molecule has 1 heterocycles. The van der Waals surface area contributed by atoms with E-state index in [-0.39, 0.29) is 24.8 Å². The fourth-order valence-electron chi connectivity index (χ4n) is 1.91. The van der Waals surface area contributed by atoms with Crippen molar-refractivity contribution in [3.05, 3.63) is 12.3 Å². The minimum atomic E-state index is -0.0676. The highest BCUT2D eigenvalue weighted by Gasteiger charge is 2.36. The summed E-state index contributed by atoms with van der Waals surface area (Å²) < 4.78 is 11.0. The largest absolute Gasteiger partial charge is 0.465 e. The average Bonchev–Trinajstić information content (AvgIpc) is 2.84. The number of rotatable bonds is 7. The molecule has 2 unspecified atom stereocenters. The number of quaternary nitrogens is 1. The van der Waals surface area contributed by atoms with Gasteiger partial charge < -0.3 is 15.2 Å². The van der Waals surface area contributed by atoms with Gasteiger partial charge in [0.25, 0.3) is 6.47 Å². The van der Waals surface area contributed by atoms with E-state index in [1.807, 2.05) is 20.3 Å². The number of carbonyl (C=O) groups excluding carboxylic acids is 2. The van der Waals surface area contributed by atoms with E-state index in [2.05, 4.69) is 4.99 Å². The zero-order valence-corrected chi connectivity index (χ0v) is 11.2. The molecule has 2 N–H and O–H groups in total. The first kappa shape index (κ1) is 15.3. The highest BCUT2D eigenvalue weighted by Crippen LogP contribution is 2.26. The van der Waals surface area contributed by atoms with Crippen molar-refractivity contribution in [2.24, 2.45) is 10.7 Å². The van der Waals surface area contributed by atoms with Crippen LogP contribution in [0.3, 0.4) is 0 Å². The Morgan fingerprint density at radius 3 is 2.84 bits per heavy atom. The van der Waals surface area contributed by atoms with E-state index in [1.165, 1.54) is 0 Å². The Labute approximate surface area is 112 Å². The van der Waals surface area contributed by atoms with Gasteiger partial charge in [0, 0.05) is 12.5 Å². The number of nitrogens with zero attached hydrogens (tertiary/aromatic N) is 2. The quantitative estimate of drug-likeness (QED) is 0.298. The second-order valence-electron chi connectivity index (χ2n) is 4.82. The number of amides is 1. The lowest BCUT2D eigenvalue weighted by Crippen LogP contribution is -2.44. The highest BCUT2D eigenvalue weighted by atomic mass is 16.6. The monoisotopic (exact) mass is 270 g/mol. The molecule has 1 fully saturated rings. The Bertz CT molecular complexity index is 379. The van der Waals surface area contributed by atoms with Gasteiger partial charge in [-0.3, -0.25) is 14.1 Å². The maximum absolute atomic E-state index is 10.2. The summed E-state index contributed by atoms with van der Waals surface area (Å²) in [5.74, 6) is 0.153. The van der Waals surface area contributed by atoms with Crippen LogP contribution in [0, 0.1) is 0 Å². The molecular weight excluding hydrogens is 250 g/mol. The zero-order chi connectivity index (χ0) is 14.3. The van der Waals surface area contributed by atoms with Crippen molar-refractivity contribution in [2.75, 3.05) is 20.7 Å². The normalized spacial score (nSPS) is 24.6. The topological polar surface area (TPSA) is 91.0 Å². The summed E-state index contributed by atoms with van der Waals surface area (Å²) in [6.45, 7) is 0.700. The number of carbonyl (C=O) groups is 2. The number of aliphatic imine (C=N–C) groups is 1. The number of hydrogen-bond acceptors (Lipinski definition) is 4. The molecule has 19 heavy (non-hydrogen) atoms. The van der Waals surface area contributed by atoms with Crippen LogP contribution >= 0.6 is 0 Å². The Hall–Kier alpha value is -1.73. The Morgan fingerprint density at radius 1 is 1.47 bits per heavy atom. The summed E-state index contributed by atoms with van der Waals surface area (Å²) in [6.07, 6.45) is 5.38. The fourth-order valence-corrected chi connectivity index (χ4v) is 1.91. The second-order valence-corrected chi connectivity index (χ2v) is 4.82. The molecule has 0 radical (unpaired) electrons. The van der Waals surface area contributed by atoms with E-state index in [0.29, 0.717) is 17.4 Å². The molecule has 0 spiro atoms. The van der Waals surface area contributed by atoms with Crippen LogP contribution in [0.25, 0.3) is 0 Å². The van der Waals surface area contributed by atoms with Gasteiger partial charge in [0.05, 0.1) is 20.2 Å². The van der Waals surface area contributed by atoms with Crippen LogP contribution in [0.1, 0.15) is 12.8 Å². The number of hydrogen-bond donors (Lipinski definition) is 1. The number of ether oxygens (including phenoxy) is 2. The molecule has 0 aromatic heterocycles. The Balaban J connectivity index is 2.56. The molecule has 106 valence electrons. The SMILES string of the molecule is C[N+](C)(/C=C\C(N)=NC=O)C1CCC(COC=O)O1. The summed E-state index contributed by atoms with van der Waals surface area (Å²) in [4.78, 5) is 23.7. The van der Waals surface area contributed by atoms with Crippen LogP contribution in [0.5, 0.6) is 0 Å². The Morgan fingerprint density at radius 2 is 2.21 bits per heavy atom. The lowest BCUT2D eigenvalue weighted by Gasteiger charge is -2.31. The van der Waals surface area contributed by atoms with E-state index in [9.17, 15) is 9.59 Å². The standard InChI is InChI=1S/C12H19N3O4/c1-15(2,6-5-11(13)14-8-16)12-4-3-10(19-12)7-18-9-17/h5-6,8-10,12H,3-4,7H2,1-2H3,(H-,13,14,16)/p+1/b6-5-. The lowest BCUT2D eigenvalue weighted by atomic mass is 10.2. The maximum Gasteiger partial charge on any atom is 0.293 e. The number of nitrogens with two attached hydrogens (primary N) is 1. The molecule has 0 aromatic carbocycles. The summed E-state index contributed by atoms with van der Waals surface area (Å²) >= 11 is 0. The summed E-state index contributed by atoms with van der Waals surface area (Å²) in [5, 5.41) is 0. The van der Waals surface area contributed by atoms with Gasteiger partial charge in [-0.2, -0.15) is 4.99 Å². The van der Waals surface area contributed by atoms with Crippen molar-refractivity contribution >= 4 is 18.7 Å². The maximum atomic E-state index is 10.2. The van der Waals surface area contributed by atoms with Gasteiger partial charge in [-0.25, -0.2) is 0 Å². The van der Waals surface area contributed by atoms with Gasteiger partial charge >= 0.3 is 0 Å². The van der Waals surface area contributed by atoms with Crippen LogP contribution in [0.15, 0.2) is 17.3 Å². The smallest absolute Gasteiger partial charge is 0.293 e. The molecule has 7 heteroatoms. The fraction of sp³-hybridized carbons (Fsp3) is 0.583. The first-order valence-corrected chi connectivity index (χ1v) is 6.00. The number of amidine groups is 1. The third-order valence-electron chi connectivity index (χ3n) is 3.01. The van der Waals surface area contributed by atoms with E-state index in [1.54, 1.807) is 6.08 Å². The van der Waals surface area contributed by atoms with Gasteiger partial charge in [0.2, 0.25) is 6.41 Å². The van der Waals surface area contributed by atoms with E-state index >= 15 is 0 Å². The summed E-state index contributed by atoms with van der Waals surface area (Å²) in [5.41, 5.74) is 5.51. The van der Waals surface area contributed by atoms with E-state index in [0.717, 1.165) is 12.8 Å². The van der Waals surface area contributed by atoms with E-state index < -0.39 is 0 Å². The molecule has 7 nitrogen and oxygen atoms in total.